The lowest BCUT2D eigenvalue weighted by molar-refractivity contribution is -0.424. The van der Waals surface area contributed by atoms with Crippen molar-refractivity contribution in [2.75, 3.05) is 11.4 Å². The van der Waals surface area contributed by atoms with Gasteiger partial charge in [0.1, 0.15) is 11.3 Å². The predicted octanol–water partition coefficient (Wildman–Crippen LogP) is 5.42. The zero-order valence-corrected chi connectivity index (χ0v) is 14.9. The third-order valence-electron chi connectivity index (χ3n) is 3.88. The van der Waals surface area contributed by atoms with Crippen molar-refractivity contribution in [2.45, 2.75) is 18.6 Å². The van der Waals surface area contributed by atoms with Crippen LogP contribution in [-0.2, 0) is 6.18 Å². The van der Waals surface area contributed by atoms with Gasteiger partial charge in [0.05, 0.1) is 15.5 Å². The Morgan fingerprint density at radius 2 is 1.71 bits per heavy atom. The molecular weight excluding hydrogens is 410 g/mol. The van der Waals surface area contributed by atoms with Crippen LogP contribution >= 0.6 is 11.6 Å². The van der Waals surface area contributed by atoms with Crippen molar-refractivity contribution in [3.8, 4) is 0 Å². The topological polar surface area (TPSA) is 89.5 Å². The van der Waals surface area contributed by atoms with E-state index in [1.165, 1.54) is 25.1 Å². The van der Waals surface area contributed by atoms with E-state index >= 15 is 0 Å². The van der Waals surface area contributed by atoms with Gasteiger partial charge in [-0.25, -0.2) is 4.39 Å². The molecule has 0 aliphatic carbocycles. The second-order valence-electron chi connectivity index (χ2n) is 5.48. The van der Waals surface area contributed by atoms with Crippen LogP contribution in [0.2, 0.25) is 0 Å². The molecule has 0 N–H and O–H groups in total. The van der Waals surface area contributed by atoms with Crippen molar-refractivity contribution in [1.82, 2.24) is 0 Å². The Kier molecular flexibility index (Phi) is 6.07. The number of hydrogen-bond acceptors (Lipinski definition) is 5. The van der Waals surface area contributed by atoms with Crippen molar-refractivity contribution in [2.24, 2.45) is 0 Å². The van der Waals surface area contributed by atoms with Gasteiger partial charge in [0.2, 0.25) is 0 Å². The molecule has 1 unspecified atom stereocenters. The lowest BCUT2D eigenvalue weighted by Gasteiger charge is -2.30. The van der Waals surface area contributed by atoms with Crippen molar-refractivity contribution < 1.29 is 27.4 Å². The standard InChI is InChI=1S/C16H12ClF4N3O4/c1-2-22(15(17)9-5-3-4-6-10(9)18)11-7-8-12(23(25)26)14(24(27)28)13(11)16(19,20)21/h3-8,15H,2H2,1H3. The van der Waals surface area contributed by atoms with Gasteiger partial charge in [-0.1, -0.05) is 29.8 Å². The van der Waals surface area contributed by atoms with Crippen LogP contribution in [0.1, 0.15) is 23.6 Å². The van der Waals surface area contributed by atoms with Crippen LogP contribution in [0.25, 0.3) is 0 Å². The van der Waals surface area contributed by atoms with E-state index in [2.05, 4.69) is 0 Å². The molecule has 0 radical (unpaired) electrons. The minimum Gasteiger partial charge on any atom is -0.351 e. The van der Waals surface area contributed by atoms with Gasteiger partial charge in [-0.15, -0.1) is 0 Å². The van der Waals surface area contributed by atoms with Crippen LogP contribution < -0.4 is 4.90 Å². The zero-order chi connectivity index (χ0) is 21.2. The highest BCUT2D eigenvalue weighted by atomic mass is 35.5. The fourth-order valence-electron chi connectivity index (χ4n) is 2.71. The van der Waals surface area contributed by atoms with Crippen LogP contribution in [0.15, 0.2) is 36.4 Å². The number of benzene rings is 2. The van der Waals surface area contributed by atoms with Crippen molar-refractivity contribution in [3.05, 3.63) is 73.6 Å². The summed E-state index contributed by atoms with van der Waals surface area (Å²) in [5, 5.41) is 22.2. The van der Waals surface area contributed by atoms with Gasteiger partial charge < -0.3 is 4.90 Å². The Labute approximate surface area is 160 Å². The van der Waals surface area contributed by atoms with Gasteiger partial charge in [-0.3, -0.25) is 20.2 Å². The highest BCUT2D eigenvalue weighted by Gasteiger charge is 2.47. The number of anilines is 1. The third-order valence-corrected chi connectivity index (χ3v) is 4.35. The first-order chi connectivity index (χ1) is 13.0. The van der Waals surface area contributed by atoms with E-state index in [4.69, 9.17) is 11.6 Å². The first kappa shape index (κ1) is 21.4. The van der Waals surface area contributed by atoms with Crippen molar-refractivity contribution >= 4 is 28.7 Å². The predicted molar refractivity (Wildman–Crippen MR) is 92.8 cm³/mol. The average molecular weight is 422 g/mol. The summed E-state index contributed by atoms with van der Waals surface area (Å²) in [7, 11) is 0. The third kappa shape index (κ3) is 3.98. The molecule has 0 aliphatic heterocycles. The van der Waals surface area contributed by atoms with Gasteiger partial charge in [0.15, 0.2) is 5.56 Å². The number of hydrogen-bond donors (Lipinski definition) is 0. The number of rotatable bonds is 6. The molecule has 2 aromatic carbocycles. The first-order valence-electron chi connectivity index (χ1n) is 7.68. The summed E-state index contributed by atoms with van der Waals surface area (Å²) in [6.45, 7) is 1.21. The fourth-order valence-corrected chi connectivity index (χ4v) is 3.13. The summed E-state index contributed by atoms with van der Waals surface area (Å²) in [6.07, 6.45) is -5.30. The zero-order valence-electron chi connectivity index (χ0n) is 14.1. The molecule has 28 heavy (non-hydrogen) atoms. The average Bonchev–Trinajstić information content (AvgIpc) is 2.60. The number of alkyl halides is 4. The maximum Gasteiger partial charge on any atom is 0.425 e. The molecule has 0 saturated carbocycles. The minimum atomic E-state index is -5.30. The molecule has 0 saturated heterocycles. The number of nitrogens with zero attached hydrogens (tertiary/aromatic N) is 3. The highest BCUT2D eigenvalue weighted by Crippen LogP contribution is 2.48. The Morgan fingerprint density at radius 1 is 1.11 bits per heavy atom. The summed E-state index contributed by atoms with van der Waals surface area (Å²) < 4.78 is 55.1. The molecular formula is C16H12ClF4N3O4. The molecule has 0 fully saturated rings. The van der Waals surface area contributed by atoms with Crippen LogP contribution in [0.3, 0.4) is 0 Å². The Hall–Kier alpha value is -2.95. The minimum absolute atomic E-state index is 0.153. The molecule has 7 nitrogen and oxygen atoms in total. The second kappa shape index (κ2) is 7.97. The number of halogens is 5. The lowest BCUT2D eigenvalue weighted by atomic mass is 10.1. The molecule has 0 aromatic heterocycles. The Bertz CT molecular complexity index is 923. The first-order valence-corrected chi connectivity index (χ1v) is 8.12. The quantitative estimate of drug-likeness (QED) is 0.204. The molecule has 0 aliphatic rings. The van der Waals surface area contributed by atoms with E-state index in [1.807, 2.05) is 0 Å². The van der Waals surface area contributed by atoms with Crippen molar-refractivity contribution in [3.63, 3.8) is 0 Å². The van der Waals surface area contributed by atoms with Crippen LogP contribution in [-0.4, -0.2) is 16.4 Å². The molecule has 0 amide bonds. The molecule has 0 heterocycles. The molecule has 1 atom stereocenters. The molecule has 0 spiro atoms. The maximum absolute atomic E-state index is 14.0. The van der Waals surface area contributed by atoms with Gasteiger partial charge >= 0.3 is 17.6 Å². The largest absolute Gasteiger partial charge is 0.425 e. The van der Waals surface area contributed by atoms with Gasteiger partial charge in [0, 0.05) is 18.2 Å². The molecule has 2 rings (SSSR count). The fraction of sp³-hybridized carbons (Fsp3) is 0.250. The second-order valence-corrected chi connectivity index (χ2v) is 5.90. The number of nitro groups is 2. The molecule has 2 aromatic rings. The summed E-state index contributed by atoms with van der Waals surface area (Å²) >= 11 is 6.18. The lowest BCUT2D eigenvalue weighted by Crippen LogP contribution is -2.28. The molecule has 150 valence electrons. The smallest absolute Gasteiger partial charge is 0.351 e. The Morgan fingerprint density at radius 3 is 2.18 bits per heavy atom. The van der Waals surface area contributed by atoms with Crippen molar-refractivity contribution in [1.29, 1.82) is 0 Å². The summed E-state index contributed by atoms with van der Waals surface area (Å²) in [4.78, 5) is 20.4. The summed E-state index contributed by atoms with van der Waals surface area (Å²) in [6, 6.07) is 6.40. The van der Waals surface area contributed by atoms with E-state index < -0.39 is 50.0 Å². The summed E-state index contributed by atoms with van der Waals surface area (Å²) in [5.41, 5.74) is -7.21. The van der Waals surface area contributed by atoms with Gasteiger partial charge in [-0.2, -0.15) is 13.2 Å². The van der Waals surface area contributed by atoms with E-state index in [9.17, 15) is 37.8 Å². The van der Waals surface area contributed by atoms with E-state index in [-0.39, 0.29) is 12.1 Å². The monoisotopic (exact) mass is 421 g/mol. The van der Waals surface area contributed by atoms with E-state index in [0.717, 1.165) is 11.0 Å². The normalized spacial score (nSPS) is 12.5. The Balaban J connectivity index is 2.79. The maximum atomic E-state index is 14.0. The summed E-state index contributed by atoms with van der Waals surface area (Å²) in [5.74, 6) is -0.786. The van der Waals surface area contributed by atoms with Crippen LogP contribution in [0.4, 0.5) is 34.6 Å². The van der Waals surface area contributed by atoms with E-state index in [1.54, 1.807) is 0 Å². The van der Waals surface area contributed by atoms with Crippen LogP contribution in [0, 0.1) is 26.0 Å². The molecule has 12 heteroatoms. The highest BCUT2D eigenvalue weighted by molar-refractivity contribution is 6.22. The molecule has 0 bridgehead atoms. The van der Waals surface area contributed by atoms with Gasteiger partial charge in [-0.05, 0) is 19.1 Å². The van der Waals surface area contributed by atoms with E-state index in [0.29, 0.717) is 12.1 Å². The SMILES string of the molecule is CCN(c1ccc([N+](=O)[O-])c([N+](=O)[O-])c1C(F)(F)F)C(Cl)c1ccccc1F. The van der Waals surface area contributed by atoms with Gasteiger partial charge in [0.25, 0.3) is 0 Å². The number of nitro benzene ring substituents is 2. The van der Waals surface area contributed by atoms with Crippen LogP contribution in [0.5, 0.6) is 0 Å².